The molecule has 7 nitrogen and oxygen atoms in total. The Kier molecular flexibility index (Phi) is 4.97. The molecule has 0 aliphatic carbocycles. The first kappa shape index (κ1) is 17.3. The lowest BCUT2D eigenvalue weighted by Gasteiger charge is -2.35. The van der Waals surface area contributed by atoms with E-state index in [1.807, 2.05) is 20.8 Å². The van der Waals surface area contributed by atoms with Gasteiger partial charge in [0.2, 0.25) is 5.91 Å². The number of carbonyl (C=O) groups excluding carboxylic acids is 2. The highest BCUT2D eigenvalue weighted by Gasteiger charge is 2.35. The van der Waals surface area contributed by atoms with Gasteiger partial charge in [0.05, 0.1) is 0 Å². The van der Waals surface area contributed by atoms with Gasteiger partial charge in [-0.1, -0.05) is 5.16 Å². The predicted octanol–water partition coefficient (Wildman–Crippen LogP) is 3.02. The van der Waals surface area contributed by atoms with Gasteiger partial charge >= 0.3 is 6.09 Å². The van der Waals surface area contributed by atoms with Crippen molar-refractivity contribution < 1.29 is 18.8 Å². The SMILES string of the molecule is Cc1noc(C)c1NC(=O)[C@@H]1CCCCN1C(=O)OC(C)(C)C. The molecule has 2 amide bonds. The molecule has 2 rings (SSSR count). The second-order valence-electron chi connectivity index (χ2n) is 6.87. The van der Waals surface area contributed by atoms with Crippen LogP contribution in [0.15, 0.2) is 4.52 Å². The average molecular weight is 323 g/mol. The van der Waals surface area contributed by atoms with Gasteiger partial charge in [0, 0.05) is 6.54 Å². The topological polar surface area (TPSA) is 84.7 Å². The third-order valence-corrected chi connectivity index (χ3v) is 3.72. The number of rotatable bonds is 2. The fourth-order valence-corrected chi connectivity index (χ4v) is 2.61. The number of amides is 2. The van der Waals surface area contributed by atoms with Crippen molar-refractivity contribution in [2.45, 2.75) is 65.5 Å². The number of aryl methyl sites for hydroxylation is 2. The number of anilines is 1. The summed E-state index contributed by atoms with van der Waals surface area (Å²) in [6.45, 7) is 9.46. The minimum atomic E-state index is -0.586. The number of piperidine rings is 1. The monoisotopic (exact) mass is 323 g/mol. The molecule has 1 aromatic rings. The summed E-state index contributed by atoms with van der Waals surface area (Å²) in [5.41, 5.74) is 0.609. The van der Waals surface area contributed by atoms with Crippen LogP contribution in [0.2, 0.25) is 0 Å². The third kappa shape index (κ3) is 4.24. The molecule has 2 heterocycles. The first-order valence-corrected chi connectivity index (χ1v) is 7.92. The lowest BCUT2D eigenvalue weighted by molar-refractivity contribution is -0.122. The van der Waals surface area contributed by atoms with Gasteiger partial charge in [0.25, 0.3) is 0 Å². The van der Waals surface area contributed by atoms with Gasteiger partial charge < -0.3 is 14.6 Å². The van der Waals surface area contributed by atoms with Crippen LogP contribution in [0.4, 0.5) is 10.5 Å². The largest absolute Gasteiger partial charge is 0.444 e. The molecule has 128 valence electrons. The van der Waals surface area contributed by atoms with Crippen LogP contribution in [0.5, 0.6) is 0 Å². The van der Waals surface area contributed by atoms with Crippen LogP contribution in [-0.4, -0.2) is 40.2 Å². The minimum Gasteiger partial charge on any atom is -0.444 e. The molecule has 1 saturated heterocycles. The highest BCUT2D eigenvalue weighted by atomic mass is 16.6. The molecular formula is C16H25N3O4. The maximum Gasteiger partial charge on any atom is 0.410 e. The molecule has 0 spiro atoms. The van der Waals surface area contributed by atoms with Crippen LogP contribution in [0, 0.1) is 13.8 Å². The molecule has 0 unspecified atom stereocenters. The Hall–Kier alpha value is -2.05. The molecule has 1 aromatic heterocycles. The number of hydrogen-bond donors (Lipinski definition) is 1. The van der Waals surface area contributed by atoms with E-state index in [0.29, 0.717) is 30.1 Å². The minimum absolute atomic E-state index is 0.232. The quantitative estimate of drug-likeness (QED) is 0.904. The highest BCUT2D eigenvalue weighted by Crippen LogP contribution is 2.24. The number of nitrogens with zero attached hydrogens (tertiary/aromatic N) is 2. The number of nitrogens with one attached hydrogen (secondary N) is 1. The second-order valence-corrected chi connectivity index (χ2v) is 6.87. The van der Waals surface area contributed by atoms with E-state index < -0.39 is 17.7 Å². The molecule has 23 heavy (non-hydrogen) atoms. The van der Waals surface area contributed by atoms with E-state index >= 15 is 0 Å². The summed E-state index contributed by atoms with van der Waals surface area (Å²) >= 11 is 0. The van der Waals surface area contributed by atoms with Gasteiger partial charge in [-0.3, -0.25) is 9.69 Å². The molecule has 1 atom stereocenters. The third-order valence-electron chi connectivity index (χ3n) is 3.72. The summed E-state index contributed by atoms with van der Waals surface area (Å²) in [6.07, 6.45) is 1.94. The maximum atomic E-state index is 12.6. The molecule has 0 radical (unpaired) electrons. The van der Waals surface area contributed by atoms with Crippen molar-refractivity contribution in [2.75, 3.05) is 11.9 Å². The van der Waals surface area contributed by atoms with Crippen LogP contribution in [0.1, 0.15) is 51.5 Å². The molecule has 1 fully saturated rings. The van der Waals surface area contributed by atoms with Gasteiger partial charge in [0.1, 0.15) is 23.0 Å². The van der Waals surface area contributed by atoms with Gasteiger partial charge in [-0.25, -0.2) is 4.79 Å². The predicted molar refractivity (Wildman–Crippen MR) is 85.2 cm³/mol. The number of aromatic nitrogens is 1. The number of likely N-dealkylation sites (tertiary alicyclic amines) is 1. The highest BCUT2D eigenvalue weighted by molar-refractivity contribution is 5.97. The standard InChI is InChI=1S/C16H25N3O4/c1-10-13(11(2)23-18-10)17-14(20)12-8-6-7-9-19(12)15(21)22-16(3,4)5/h12H,6-9H2,1-5H3,(H,17,20)/t12-/m0/s1. The fraction of sp³-hybridized carbons (Fsp3) is 0.688. The van der Waals surface area contributed by atoms with Crippen molar-refractivity contribution in [3.05, 3.63) is 11.5 Å². The Labute approximate surface area is 136 Å². The summed E-state index contributed by atoms with van der Waals surface area (Å²) in [5, 5.41) is 6.65. The maximum absolute atomic E-state index is 12.6. The Bertz CT molecular complexity index is 569. The van der Waals surface area contributed by atoms with E-state index in [4.69, 9.17) is 9.26 Å². The summed E-state index contributed by atoms with van der Waals surface area (Å²) in [5.74, 6) is 0.320. The number of ether oxygens (including phenoxy) is 1. The molecule has 1 aliphatic heterocycles. The summed E-state index contributed by atoms with van der Waals surface area (Å²) in [4.78, 5) is 26.5. The molecule has 0 aromatic carbocycles. The van der Waals surface area contributed by atoms with E-state index in [2.05, 4.69) is 10.5 Å². The van der Waals surface area contributed by atoms with E-state index in [1.165, 1.54) is 4.90 Å². The van der Waals surface area contributed by atoms with Crippen molar-refractivity contribution in [3.8, 4) is 0 Å². The van der Waals surface area contributed by atoms with Crippen LogP contribution >= 0.6 is 0 Å². The van der Waals surface area contributed by atoms with Gasteiger partial charge in [-0.05, 0) is 53.9 Å². The molecule has 0 bridgehead atoms. The van der Waals surface area contributed by atoms with Crippen molar-refractivity contribution in [1.29, 1.82) is 0 Å². The smallest absolute Gasteiger partial charge is 0.410 e. The zero-order valence-corrected chi connectivity index (χ0v) is 14.4. The second kappa shape index (κ2) is 6.60. The van der Waals surface area contributed by atoms with Crippen molar-refractivity contribution in [1.82, 2.24) is 10.1 Å². The van der Waals surface area contributed by atoms with Crippen molar-refractivity contribution >= 4 is 17.7 Å². The summed E-state index contributed by atoms with van der Waals surface area (Å²) in [6, 6.07) is -0.535. The lowest BCUT2D eigenvalue weighted by atomic mass is 10.0. The van der Waals surface area contributed by atoms with Crippen molar-refractivity contribution in [2.24, 2.45) is 0 Å². The summed E-state index contributed by atoms with van der Waals surface area (Å²) in [7, 11) is 0. The van der Waals surface area contributed by atoms with Crippen LogP contribution < -0.4 is 5.32 Å². The molecular weight excluding hydrogens is 298 g/mol. The molecule has 0 saturated carbocycles. The Balaban J connectivity index is 2.11. The zero-order valence-electron chi connectivity index (χ0n) is 14.4. The van der Waals surface area contributed by atoms with Gasteiger partial charge in [0.15, 0.2) is 5.76 Å². The van der Waals surface area contributed by atoms with Crippen LogP contribution in [0.3, 0.4) is 0 Å². The molecule has 7 heteroatoms. The van der Waals surface area contributed by atoms with Crippen molar-refractivity contribution in [3.63, 3.8) is 0 Å². The lowest BCUT2D eigenvalue weighted by Crippen LogP contribution is -2.51. The van der Waals surface area contributed by atoms with E-state index in [0.717, 1.165) is 12.8 Å². The Morgan fingerprint density at radius 2 is 2.00 bits per heavy atom. The normalized spacial score (nSPS) is 18.7. The van der Waals surface area contributed by atoms with E-state index in [9.17, 15) is 9.59 Å². The molecule has 1 N–H and O–H groups in total. The Morgan fingerprint density at radius 3 is 2.57 bits per heavy atom. The first-order valence-electron chi connectivity index (χ1n) is 7.92. The number of hydrogen-bond acceptors (Lipinski definition) is 5. The molecule has 1 aliphatic rings. The van der Waals surface area contributed by atoms with E-state index in [1.54, 1.807) is 13.8 Å². The van der Waals surface area contributed by atoms with Gasteiger partial charge in [-0.2, -0.15) is 0 Å². The zero-order chi connectivity index (χ0) is 17.2. The van der Waals surface area contributed by atoms with E-state index in [-0.39, 0.29) is 5.91 Å². The number of carbonyl (C=O) groups is 2. The fourth-order valence-electron chi connectivity index (χ4n) is 2.61. The summed E-state index contributed by atoms with van der Waals surface area (Å²) < 4.78 is 10.5. The van der Waals surface area contributed by atoms with Gasteiger partial charge in [-0.15, -0.1) is 0 Å². The Morgan fingerprint density at radius 1 is 1.30 bits per heavy atom. The first-order chi connectivity index (χ1) is 10.7. The van der Waals surface area contributed by atoms with Crippen LogP contribution in [0.25, 0.3) is 0 Å². The van der Waals surface area contributed by atoms with Crippen LogP contribution in [-0.2, 0) is 9.53 Å². The average Bonchev–Trinajstić information content (AvgIpc) is 2.77.